The summed E-state index contributed by atoms with van der Waals surface area (Å²) in [4.78, 5) is 0. The molecule has 0 saturated carbocycles. The molecule has 4 nitrogen and oxygen atoms in total. The van der Waals surface area contributed by atoms with Gasteiger partial charge in [-0.2, -0.15) is 5.10 Å². The number of halogens is 1. The van der Waals surface area contributed by atoms with E-state index < -0.39 is 0 Å². The lowest BCUT2D eigenvalue weighted by atomic mass is 10.3. The van der Waals surface area contributed by atoms with Crippen LogP contribution in [0.5, 0.6) is 5.75 Å². The lowest BCUT2D eigenvalue weighted by molar-refractivity contribution is 0.321. The second-order valence-corrected chi connectivity index (χ2v) is 3.88. The molecule has 2 aromatic rings. The zero-order valence-electron chi connectivity index (χ0n) is 10.5. The first-order chi connectivity index (χ1) is 8.70. The predicted molar refractivity (Wildman–Crippen MR) is 68.1 cm³/mol. The van der Waals surface area contributed by atoms with E-state index in [1.807, 2.05) is 20.0 Å². The van der Waals surface area contributed by atoms with Crippen molar-refractivity contribution in [1.29, 1.82) is 0 Å². The molecule has 0 radical (unpaired) electrons. The third-order valence-electron chi connectivity index (χ3n) is 2.63. The minimum atomic E-state index is -0.355. The zero-order chi connectivity index (χ0) is 13.0. The largest absolute Gasteiger partial charge is 0.491 e. The fourth-order valence-electron chi connectivity index (χ4n) is 1.65. The maximum absolute atomic E-state index is 13.6. The number of anilines is 1. The summed E-state index contributed by atoms with van der Waals surface area (Å²) in [5.41, 5.74) is 1.75. The number of hydrogen-bond donors (Lipinski definition) is 1. The Balaban J connectivity index is 2.02. The number of ether oxygens (including phenoxy) is 1. The van der Waals surface area contributed by atoms with Gasteiger partial charge in [0.15, 0.2) is 11.6 Å². The average molecular weight is 249 g/mol. The van der Waals surface area contributed by atoms with Crippen LogP contribution in [-0.2, 0) is 13.6 Å². The standard InChI is InChI=1S/C13H16FN3O/c1-3-18-13-5-4-10(8-12(13)14)15-9-11-6-7-16-17(11)2/h4-8,15H,3,9H2,1-2H3. The molecule has 0 aliphatic heterocycles. The van der Waals surface area contributed by atoms with Gasteiger partial charge in [-0.25, -0.2) is 4.39 Å². The van der Waals surface area contributed by atoms with Gasteiger partial charge in [0.05, 0.1) is 18.8 Å². The first-order valence-corrected chi connectivity index (χ1v) is 5.84. The number of nitrogens with zero attached hydrogens (tertiary/aromatic N) is 2. The minimum Gasteiger partial charge on any atom is -0.491 e. The molecule has 18 heavy (non-hydrogen) atoms. The van der Waals surface area contributed by atoms with E-state index in [-0.39, 0.29) is 11.6 Å². The fraction of sp³-hybridized carbons (Fsp3) is 0.308. The number of aryl methyl sites for hydroxylation is 1. The molecule has 5 heteroatoms. The molecule has 0 fully saturated rings. The number of aromatic nitrogens is 2. The quantitative estimate of drug-likeness (QED) is 0.885. The molecule has 96 valence electrons. The Hall–Kier alpha value is -2.04. The summed E-state index contributed by atoms with van der Waals surface area (Å²) in [6, 6.07) is 6.77. The summed E-state index contributed by atoms with van der Waals surface area (Å²) >= 11 is 0. The monoisotopic (exact) mass is 249 g/mol. The Labute approximate surface area is 105 Å². The molecular weight excluding hydrogens is 233 g/mol. The van der Waals surface area contributed by atoms with Gasteiger partial charge in [0.2, 0.25) is 0 Å². The molecule has 1 N–H and O–H groups in total. The Morgan fingerprint density at radius 3 is 2.83 bits per heavy atom. The number of rotatable bonds is 5. The summed E-state index contributed by atoms with van der Waals surface area (Å²) < 4.78 is 20.5. The van der Waals surface area contributed by atoms with Crippen molar-refractivity contribution in [3.63, 3.8) is 0 Å². The van der Waals surface area contributed by atoms with Crippen LogP contribution < -0.4 is 10.1 Å². The molecule has 1 aromatic carbocycles. The van der Waals surface area contributed by atoms with Gasteiger partial charge < -0.3 is 10.1 Å². The van der Waals surface area contributed by atoms with Crippen molar-refractivity contribution < 1.29 is 9.13 Å². The third-order valence-corrected chi connectivity index (χ3v) is 2.63. The summed E-state index contributed by atoms with van der Waals surface area (Å²) in [6.07, 6.45) is 1.73. The molecule has 2 rings (SSSR count). The summed E-state index contributed by atoms with van der Waals surface area (Å²) in [5, 5.41) is 7.21. The van der Waals surface area contributed by atoms with Gasteiger partial charge in [0.25, 0.3) is 0 Å². The van der Waals surface area contributed by atoms with E-state index in [1.165, 1.54) is 6.07 Å². The van der Waals surface area contributed by atoms with Crippen LogP contribution in [0.2, 0.25) is 0 Å². The van der Waals surface area contributed by atoms with Crippen LogP contribution >= 0.6 is 0 Å². The Morgan fingerprint density at radius 2 is 2.22 bits per heavy atom. The molecule has 0 amide bonds. The van der Waals surface area contributed by atoms with Gasteiger partial charge in [-0.05, 0) is 25.1 Å². The third kappa shape index (κ3) is 2.80. The van der Waals surface area contributed by atoms with Gasteiger partial charge in [0.1, 0.15) is 0 Å². The van der Waals surface area contributed by atoms with Crippen molar-refractivity contribution >= 4 is 5.69 Å². The van der Waals surface area contributed by atoms with E-state index in [0.29, 0.717) is 13.2 Å². The van der Waals surface area contributed by atoms with Gasteiger partial charge in [0, 0.05) is 25.0 Å². The molecule has 1 heterocycles. The molecule has 0 aliphatic rings. The Bertz CT molecular complexity index is 525. The fourth-order valence-corrected chi connectivity index (χ4v) is 1.65. The predicted octanol–water partition coefficient (Wildman–Crippen LogP) is 2.57. The van der Waals surface area contributed by atoms with Gasteiger partial charge >= 0.3 is 0 Å². The van der Waals surface area contributed by atoms with Crippen LogP contribution in [0.4, 0.5) is 10.1 Å². The molecule has 0 aliphatic carbocycles. The SMILES string of the molecule is CCOc1ccc(NCc2ccnn2C)cc1F. The number of hydrogen-bond acceptors (Lipinski definition) is 3. The molecule has 0 bridgehead atoms. The van der Waals surface area contributed by atoms with Crippen molar-refractivity contribution in [2.75, 3.05) is 11.9 Å². The lowest BCUT2D eigenvalue weighted by Crippen LogP contribution is -2.05. The van der Waals surface area contributed by atoms with E-state index in [2.05, 4.69) is 10.4 Å². The van der Waals surface area contributed by atoms with Crippen molar-refractivity contribution in [3.8, 4) is 5.75 Å². The maximum atomic E-state index is 13.6. The van der Waals surface area contributed by atoms with Crippen LogP contribution in [0.1, 0.15) is 12.6 Å². The zero-order valence-corrected chi connectivity index (χ0v) is 10.5. The second kappa shape index (κ2) is 5.53. The van der Waals surface area contributed by atoms with Crippen molar-refractivity contribution in [2.45, 2.75) is 13.5 Å². The first-order valence-electron chi connectivity index (χ1n) is 5.84. The van der Waals surface area contributed by atoms with Gasteiger partial charge in [-0.15, -0.1) is 0 Å². The summed E-state index contributed by atoms with van der Waals surface area (Å²) in [7, 11) is 1.87. The van der Waals surface area contributed by atoms with Crippen LogP contribution in [0.15, 0.2) is 30.5 Å². The molecule has 0 unspecified atom stereocenters. The Morgan fingerprint density at radius 1 is 1.39 bits per heavy atom. The molecular formula is C13H16FN3O. The van der Waals surface area contributed by atoms with Gasteiger partial charge in [-0.1, -0.05) is 0 Å². The first kappa shape index (κ1) is 12.4. The maximum Gasteiger partial charge on any atom is 0.167 e. The number of benzene rings is 1. The van der Waals surface area contributed by atoms with Crippen LogP contribution in [-0.4, -0.2) is 16.4 Å². The van der Waals surface area contributed by atoms with Crippen molar-refractivity contribution in [2.24, 2.45) is 7.05 Å². The average Bonchev–Trinajstić information content (AvgIpc) is 2.76. The van der Waals surface area contributed by atoms with Crippen molar-refractivity contribution in [3.05, 3.63) is 42.0 Å². The number of nitrogens with one attached hydrogen (secondary N) is 1. The van der Waals surface area contributed by atoms with E-state index in [9.17, 15) is 4.39 Å². The lowest BCUT2D eigenvalue weighted by Gasteiger charge is -2.09. The summed E-state index contributed by atoms with van der Waals surface area (Å²) in [5.74, 6) is -0.0737. The van der Waals surface area contributed by atoms with Gasteiger partial charge in [-0.3, -0.25) is 4.68 Å². The van der Waals surface area contributed by atoms with E-state index in [0.717, 1.165) is 11.4 Å². The molecule has 1 aromatic heterocycles. The van der Waals surface area contributed by atoms with Crippen LogP contribution in [0.25, 0.3) is 0 Å². The van der Waals surface area contributed by atoms with E-state index in [1.54, 1.807) is 23.0 Å². The van der Waals surface area contributed by atoms with Crippen molar-refractivity contribution in [1.82, 2.24) is 9.78 Å². The highest BCUT2D eigenvalue weighted by molar-refractivity contribution is 5.47. The highest BCUT2D eigenvalue weighted by atomic mass is 19.1. The normalized spacial score (nSPS) is 10.4. The van der Waals surface area contributed by atoms with E-state index in [4.69, 9.17) is 4.74 Å². The minimum absolute atomic E-state index is 0.281. The smallest absolute Gasteiger partial charge is 0.167 e. The molecule has 0 spiro atoms. The molecule has 0 saturated heterocycles. The summed E-state index contributed by atoms with van der Waals surface area (Å²) in [6.45, 7) is 2.89. The van der Waals surface area contributed by atoms with Crippen LogP contribution in [0.3, 0.4) is 0 Å². The molecule has 0 atom stereocenters. The topological polar surface area (TPSA) is 39.1 Å². The van der Waals surface area contributed by atoms with E-state index >= 15 is 0 Å². The highest BCUT2D eigenvalue weighted by Crippen LogP contribution is 2.21. The van der Waals surface area contributed by atoms with Crippen LogP contribution in [0, 0.1) is 5.82 Å². The Kier molecular flexibility index (Phi) is 3.82. The highest BCUT2D eigenvalue weighted by Gasteiger charge is 2.04. The second-order valence-electron chi connectivity index (χ2n) is 3.88.